The minimum absolute atomic E-state index is 0.402. The van der Waals surface area contributed by atoms with Gasteiger partial charge in [0.05, 0.1) is 6.61 Å². The lowest BCUT2D eigenvalue weighted by Crippen LogP contribution is -1.96. The van der Waals surface area contributed by atoms with Gasteiger partial charge in [-0.25, -0.2) is 4.98 Å². The van der Waals surface area contributed by atoms with Crippen LogP contribution in [0.2, 0.25) is 5.15 Å². The zero-order valence-electron chi connectivity index (χ0n) is 9.77. The van der Waals surface area contributed by atoms with Gasteiger partial charge in [0.2, 0.25) is 5.95 Å². The maximum absolute atomic E-state index is 6.14. The van der Waals surface area contributed by atoms with Gasteiger partial charge in [-0.05, 0) is 31.2 Å². The largest absolute Gasteiger partial charge is 0.494 e. The first-order chi connectivity index (χ1) is 8.13. The van der Waals surface area contributed by atoms with E-state index in [9.17, 15) is 0 Å². The van der Waals surface area contributed by atoms with E-state index in [1.165, 1.54) is 0 Å². The first-order valence-corrected chi connectivity index (χ1v) is 5.72. The highest BCUT2D eigenvalue weighted by atomic mass is 35.5. The number of anilines is 1. The Morgan fingerprint density at radius 3 is 2.47 bits per heavy atom. The van der Waals surface area contributed by atoms with Gasteiger partial charge in [-0.3, -0.25) is 0 Å². The van der Waals surface area contributed by atoms with E-state index in [-0.39, 0.29) is 0 Å². The summed E-state index contributed by atoms with van der Waals surface area (Å²) in [4.78, 5) is 4.22. The SMILES string of the molecule is CCOc1ccc(-c2nc(N)n(C)c2Cl)cc1. The standard InChI is InChI=1S/C12H14ClN3O/c1-3-17-9-6-4-8(5-7-9)10-11(13)16(2)12(14)15-10/h4-7H,3H2,1-2H3,(H2,14,15). The lowest BCUT2D eigenvalue weighted by atomic mass is 10.1. The van der Waals surface area contributed by atoms with Crippen molar-refractivity contribution in [2.75, 3.05) is 12.3 Å². The fraction of sp³-hybridized carbons (Fsp3) is 0.250. The molecular weight excluding hydrogens is 238 g/mol. The molecule has 0 aliphatic heterocycles. The highest BCUT2D eigenvalue weighted by Gasteiger charge is 2.12. The van der Waals surface area contributed by atoms with Crippen LogP contribution in [-0.4, -0.2) is 16.2 Å². The summed E-state index contributed by atoms with van der Waals surface area (Å²) in [6.07, 6.45) is 0. The molecule has 1 aromatic heterocycles. The van der Waals surface area contributed by atoms with Crippen molar-refractivity contribution in [3.05, 3.63) is 29.4 Å². The average Bonchev–Trinajstić information content (AvgIpc) is 2.59. The van der Waals surface area contributed by atoms with E-state index in [1.807, 2.05) is 31.2 Å². The summed E-state index contributed by atoms with van der Waals surface area (Å²) in [5, 5.41) is 0.534. The maximum Gasteiger partial charge on any atom is 0.201 e. The summed E-state index contributed by atoms with van der Waals surface area (Å²) >= 11 is 6.14. The third kappa shape index (κ3) is 2.22. The molecule has 0 fully saturated rings. The van der Waals surface area contributed by atoms with Gasteiger partial charge in [0.1, 0.15) is 16.6 Å². The molecule has 2 aromatic rings. The predicted molar refractivity (Wildman–Crippen MR) is 69.2 cm³/mol. The van der Waals surface area contributed by atoms with Crippen molar-refractivity contribution in [2.24, 2.45) is 7.05 Å². The van der Waals surface area contributed by atoms with Crippen molar-refractivity contribution in [2.45, 2.75) is 6.92 Å². The molecule has 0 saturated heterocycles. The first-order valence-electron chi connectivity index (χ1n) is 5.34. The Balaban J connectivity index is 2.36. The summed E-state index contributed by atoms with van der Waals surface area (Å²) < 4.78 is 7.02. The molecule has 0 saturated carbocycles. The molecule has 0 aliphatic carbocycles. The van der Waals surface area contributed by atoms with Crippen molar-refractivity contribution in [1.29, 1.82) is 0 Å². The number of ether oxygens (including phenoxy) is 1. The molecule has 0 aliphatic rings. The molecular formula is C12H14ClN3O. The molecule has 0 amide bonds. The molecule has 4 nitrogen and oxygen atoms in total. The molecule has 17 heavy (non-hydrogen) atoms. The molecule has 0 bridgehead atoms. The highest BCUT2D eigenvalue weighted by molar-refractivity contribution is 6.32. The normalized spacial score (nSPS) is 10.5. The number of nitrogens with two attached hydrogens (primary N) is 1. The number of hydrogen-bond donors (Lipinski definition) is 1. The van der Waals surface area contributed by atoms with Crippen LogP contribution in [0.15, 0.2) is 24.3 Å². The number of nitrogen functional groups attached to an aromatic ring is 1. The van der Waals surface area contributed by atoms with Gasteiger partial charge in [0, 0.05) is 12.6 Å². The lowest BCUT2D eigenvalue weighted by Gasteiger charge is -2.03. The van der Waals surface area contributed by atoms with E-state index < -0.39 is 0 Å². The third-order valence-electron chi connectivity index (χ3n) is 2.50. The van der Waals surface area contributed by atoms with Gasteiger partial charge in [-0.2, -0.15) is 0 Å². The second-order valence-corrected chi connectivity index (χ2v) is 3.98. The van der Waals surface area contributed by atoms with Crippen LogP contribution in [0.5, 0.6) is 5.75 Å². The Labute approximate surface area is 105 Å². The maximum atomic E-state index is 6.14. The fourth-order valence-electron chi connectivity index (χ4n) is 1.55. The van der Waals surface area contributed by atoms with Crippen molar-refractivity contribution in [1.82, 2.24) is 9.55 Å². The predicted octanol–water partition coefficient (Wildman–Crippen LogP) is 2.72. The summed E-state index contributed by atoms with van der Waals surface area (Å²) in [5.41, 5.74) is 7.31. The van der Waals surface area contributed by atoms with Gasteiger partial charge >= 0.3 is 0 Å². The molecule has 0 unspecified atom stereocenters. The number of hydrogen-bond acceptors (Lipinski definition) is 3. The molecule has 5 heteroatoms. The summed E-state index contributed by atoms with van der Waals surface area (Å²) in [7, 11) is 1.78. The smallest absolute Gasteiger partial charge is 0.201 e. The molecule has 0 radical (unpaired) electrons. The number of imidazole rings is 1. The van der Waals surface area contributed by atoms with E-state index in [4.69, 9.17) is 22.1 Å². The zero-order valence-corrected chi connectivity index (χ0v) is 10.5. The van der Waals surface area contributed by atoms with Crippen LogP contribution >= 0.6 is 11.6 Å². The molecule has 1 aromatic carbocycles. The number of benzene rings is 1. The van der Waals surface area contributed by atoms with Crippen LogP contribution < -0.4 is 10.5 Å². The molecule has 2 N–H and O–H groups in total. The van der Waals surface area contributed by atoms with Gasteiger partial charge in [0.25, 0.3) is 0 Å². The van der Waals surface area contributed by atoms with E-state index >= 15 is 0 Å². The van der Waals surface area contributed by atoms with Crippen LogP contribution in [-0.2, 0) is 7.05 Å². The minimum Gasteiger partial charge on any atom is -0.494 e. The lowest BCUT2D eigenvalue weighted by molar-refractivity contribution is 0.340. The average molecular weight is 252 g/mol. The van der Waals surface area contributed by atoms with E-state index in [0.29, 0.717) is 23.4 Å². The summed E-state index contributed by atoms with van der Waals surface area (Å²) in [5.74, 6) is 1.23. The Morgan fingerprint density at radius 2 is 2.00 bits per heavy atom. The van der Waals surface area contributed by atoms with Crippen LogP contribution in [0.4, 0.5) is 5.95 Å². The second kappa shape index (κ2) is 4.67. The molecule has 2 rings (SSSR count). The third-order valence-corrected chi connectivity index (χ3v) is 2.93. The molecule has 0 spiro atoms. The number of nitrogens with zero attached hydrogens (tertiary/aromatic N) is 2. The number of aromatic nitrogens is 2. The molecule has 90 valence electrons. The van der Waals surface area contributed by atoms with Gasteiger partial charge in [-0.1, -0.05) is 11.6 Å². The Hall–Kier alpha value is -1.68. The van der Waals surface area contributed by atoms with Gasteiger partial charge in [-0.15, -0.1) is 0 Å². The van der Waals surface area contributed by atoms with Gasteiger partial charge in [0.15, 0.2) is 0 Å². The van der Waals surface area contributed by atoms with Crippen LogP contribution in [0.1, 0.15) is 6.92 Å². The Kier molecular flexibility index (Phi) is 3.24. The van der Waals surface area contributed by atoms with E-state index in [0.717, 1.165) is 11.3 Å². The van der Waals surface area contributed by atoms with Crippen molar-refractivity contribution in [3.8, 4) is 17.0 Å². The number of rotatable bonds is 3. The monoisotopic (exact) mass is 251 g/mol. The van der Waals surface area contributed by atoms with Crippen LogP contribution in [0, 0.1) is 0 Å². The van der Waals surface area contributed by atoms with Crippen LogP contribution in [0.3, 0.4) is 0 Å². The summed E-state index contributed by atoms with van der Waals surface area (Å²) in [6, 6.07) is 7.61. The highest BCUT2D eigenvalue weighted by Crippen LogP contribution is 2.29. The Morgan fingerprint density at radius 1 is 1.35 bits per heavy atom. The number of halogens is 1. The zero-order chi connectivity index (χ0) is 12.4. The first kappa shape index (κ1) is 11.8. The molecule has 0 atom stereocenters. The van der Waals surface area contributed by atoms with Crippen molar-refractivity contribution < 1.29 is 4.74 Å². The van der Waals surface area contributed by atoms with Crippen molar-refractivity contribution in [3.63, 3.8) is 0 Å². The fourth-order valence-corrected chi connectivity index (χ4v) is 1.79. The van der Waals surface area contributed by atoms with Crippen molar-refractivity contribution >= 4 is 17.5 Å². The minimum atomic E-state index is 0.402. The van der Waals surface area contributed by atoms with E-state index in [2.05, 4.69) is 4.98 Å². The van der Waals surface area contributed by atoms with Crippen LogP contribution in [0.25, 0.3) is 11.3 Å². The quantitative estimate of drug-likeness (QED) is 0.913. The topological polar surface area (TPSA) is 53.1 Å². The summed E-state index contributed by atoms with van der Waals surface area (Å²) in [6.45, 7) is 2.60. The van der Waals surface area contributed by atoms with Gasteiger partial charge < -0.3 is 15.0 Å². The second-order valence-electron chi connectivity index (χ2n) is 3.63. The molecule has 1 heterocycles. The Bertz CT molecular complexity index is 519. The van der Waals surface area contributed by atoms with E-state index in [1.54, 1.807) is 11.6 Å².